The van der Waals surface area contributed by atoms with Crippen LogP contribution in [0.2, 0.25) is 10.3 Å². The van der Waals surface area contributed by atoms with E-state index < -0.39 is 0 Å². The van der Waals surface area contributed by atoms with E-state index in [1.165, 1.54) is 6.07 Å². The third kappa shape index (κ3) is 4.61. The van der Waals surface area contributed by atoms with Crippen LogP contribution in [0.5, 0.6) is 0 Å². The summed E-state index contributed by atoms with van der Waals surface area (Å²) in [6.45, 7) is 0.382. The Bertz CT molecular complexity index is 520. The minimum atomic E-state index is -0.380. The first-order valence-electron chi connectivity index (χ1n) is 6.32. The number of rotatable bonds is 6. The second kappa shape index (κ2) is 6.85. The summed E-state index contributed by atoms with van der Waals surface area (Å²) in [5.74, 6) is -0.359. The Kier molecular flexibility index (Phi) is 5.14. The normalized spacial score (nSPS) is 13.9. The molecule has 0 saturated heterocycles. The molecule has 0 unspecified atom stereocenters. The number of nitrogens with one attached hydrogen (secondary N) is 2. The highest BCUT2D eigenvalue weighted by Crippen LogP contribution is 2.18. The summed E-state index contributed by atoms with van der Waals surface area (Å²) in [5, 5.41) is 12.7. The summed E-state index contributed by atoms with van der Waals surface area (Å²) in [7, 11) is 0. The van der Waals surface area contributed by atoms with Gasteiger partial charge in [-0.1, -0.05) is 23.2 Å². The van der Waals surface area contributed by atoms with Crippen LogP contribution in [0.4, 0.5) is 0 Å². The van der Waals surface area contributed by atoms with E-state index in [4.69, 9.17) is 23.2 Å². The Balaban J connectivity index is 1.71. The predicted molar refractivity (Wildman–Crippen MR) is 74.8 cm³/mol. The van der Waals surface area contributed by atoms with Crippen molar-refractivity contribution in [1.29, 1.82) is 0 Å². The highest BCUT2D eigenvalue weighted by molar-refractivity contribution is 6.34. The molecule has 1 aromatic heterocycles. The fraction of sp³-hybridized carbons (Fsp3) is 0.500. The van der Waals surface area contributed by atoms with Gasteiger partial charge in [-0.05, 0) is 25.3 Å². The summed E-state index contributed by atoms with van der Waals surface area (Å²) >= 11 is 11.4. The zero-order valence-electron chi connectivity index (χ0n) is 10.7. The van der Waals surface area contributed by atoms with Crippen molar-refractivity contribution in [2.45, 2.75) is 31.7 Å². The van der Waals surface area contributed by atoms with Crippen molar-refractivity contribution in [2.24, 2.45) is 0 Å². The topological polar surface area (TPSA) is 84.0 Å². The number of nitrogens with zero attached hydrogens (tertiary/aromatic N) is 2. The third-order valence-corrected chi connectivity index (χ3v) is 3.24. The van der Waals surface area contributed by atoms with Gasteiger partial charge in [0.2, 0.25) is 5.91 Å². The van der Waals surface area contributed by atoms with Crippen molar-refractivity contribution in [3.05, 3.63) is 21.9 Å². The van der Waals surface area contributed by atoms with E-state index >= 15 is 0 Å². The monoisotopic (exact) mass is 316 g/mol. The first-order chi connectivity index (χ1) is 9.56. The lowest BCUT2D eigenvalue weighted by molar-refractivity contribution is -0.121. The minimum Gasteiger partial charge on any atom is -0.353 e. The second-order valence-electron chi connectivity index (χ2n) is 4.57. The molecule has 0 aromatic carbocycles. The molecule has 2 amide bonds. The Morgan fingerprint density at radius 2 is 2.05 bits per heavy atom. The Labute approximate surface area is 126 Å². The molecule has 2 N–H and O–H groups in total. The van der Waals surface area contributed by atoms with Crippen molar-refractivity contribution in [1.82, 2.24) is 20.8 Å². The fourth-order valence-electron chi connectivity index (χ4n) is 1.59. The SMILES string of the molecule is O=C(CCCNC(=O)c1cc(Cl)nnc1Cl)NC1CC1. The van der Waals surface area contributed by atoms with Gasteiger partial charge in [0.1, 0.15) is 0 Å². The third-order valence-electron chi connectivity index (χ3n) is 2.77. The lowest BCUT2D eigenvalue weighted by atomic mass is 10.2. The zero-order chi connectivity index (χ0) is 14.5. The first kappa shape index (κ1) is 15.0. The van der Waals surface area contributed by atoms with Crippen molar-refractivity contribution < 1.29 is 9.59 Å². The van der Waals surface area contributed by atoms with Crippen molar-refractivity contribution in [2.75, 3.05) is 6.54 Å². The van der Waals surface area contributed by atoms with E-state index in [0.717, 1.165) is 12.8 Å². The quantitative estimate of drug-likeness (QED) is 0.780. The van der Waals surface area contributed by atoms with Crippen molar-refractivity contribution in [3.8, 4) is 0 Å². The first-order valence-corrected chi connectivity index (χ1v) is 7.08. The van der Waals surface area contributed by atoms with Crippen LogP contribution < -0.4 is 10.6 Å². The van der Waals surface area contributed by atoms with Crippen LogP contribution in [0.15, 0.2) is 6.07 Å². The molecule has 1 aromatic rings. The number of aromatic nitrogens is 2. The van der Waals surface area contributed by atoms with Gasteiger partial charge in [0.05, 0.1) is 5.56 Å². The molecule has 20 heavy (non-hydrogen) atoms. The highest BCUT2D eigenvalue weighted by atomic mass is 35.5. The Morgan fingerprint density at radius 1 is 1.30 bits per heavy atom. The molecule has 108 valence electrons. The van der Waals surface area contributed by atoms with Gasteiger partial charge in [-0.15, -0.1) is 10.2 Å². The molecule has 1 heterocycles. The molecular formula is C12H14Cl2N4O2. The highest BCUT2D eigenvalue weighted by Gasteiger charge is 2.22. The van der Waals surface area contributed by atoms with E-state index in [-0.39, 0.29) is 27.7 Å². The molecule has 0 radical (unpaired) electrons. The van der Waals surface area contributed by atoms with Gasteiger partial charge in [0.15, 0.2) is 10.3 Å². The van der Waals surface area contributed by atoms with Crippen LogP contribution in [0.3, 0.4) is 0 Å². The maximum Gasteiger partial charge on any atom is 0.254 e. The van der Waals surface area contributed by atoms with Gasteiger partial charge in [-0.2, -0.15) is 0 Å². The largest absolute Gasteiger partial charge is 0.353 e. The second-order valence-corrected chi connectivity index (χ2v) is 5.32. The molecule has 0 bridgehead atoms. The van der Waals surface area contributed by atoms with E-state index in [0.29, 0.717) is 25.4 Å². The molecule has 2 rings (SSSR count). The van der Waals surface area contributed by atoms with Gasteiger partial charge in [0.25, 0.3) is 5.91 Å². The lowest BCUT2D eigenvalue weighted by Gasteiger charge is -2.06. The van der Waals surface area contributed by atoms with E-state index in [1.807, 2.05) is 0 Å². The van der Waals surface area contributed by atoms with Gasteiger partial charge < -0.3 is 10.6 Å². The van der Waals surface area contributed by atoms with Crippen molar-refractivity contribution >= 4 is 35.0 Å². The Hall–Kier alpha value is -1.40. The van der Waals surface area contributed by atoms with Crippen LogP contribution in [-0.4, -0.2) is 34.6 Å². The van der Waals surface area contributed by atoms with E-state index in [9.17, 15) is 9.59 Å². The lowest BCUT2D eigenvalue weighted by Crippen LogP contribution is -2.28. The molecular weight excluding hydrogens is 303 g/mol. The average molecular weight is 317 g/mol. The van der Waals surface area contributed by atoms with Crippen LogP contribution >= 0.6 is 23.2 Å². The maximum atomic E-state index is 11.8. The number of amides is 2. The smallest absolute Gasteiger partial charge is 0.254 e. The molecule has 0 spiro atoms. The van der Waals surface area contributed by atoms with Crippen molar-refractivity contribution in [3.63, 3.8) is 0 Å². The standard InChI is InChI=1S/C12H14Cl2N4O2/c13-9-6-8(11(14)18-17-9)12(20)15-5-1-2-10(19)16-7-3-4-7/h6-7H,1-5H2,(H,15,20)(H,16,19). The molecule has 1 fully saturated rings. The van der Waals surface area contributed by atoms with E-state index in [2.05, 4.69) is 20.8 Å². The number of halogens is 2. The van der Waals surface area contributed by atoms with Gasteiger partial charge in [-0.3, -0.25) is 9.59 Å². The van der Waals surface area contributed by atoms with E-state index in [1.54, 1.807) is 0 Å². The predicted octanol–water partition coefficient (Wildman–Crippen LogP) is 1.57. The summed E-state index contributed by atoms with van der Waals surface area (Å²) in [4.78, 5) is 23.3. The van der Waals surface area contributed by atoms with Crippen LogP contribution in [0.25, 0.3) is 0 Å². The molecule has 1 aliphatic carbocycles. The maximum absolute atomic E-state index is 11.8. The van der Waals surface area contributed by atoms with Crippen LogP contribution in [-0.2, 0) is 4.79 Å². The number of hydrogen-bond acceptors (Lipinski definition) is 4. The summed E-state index contributed by atoms with van der Waals surface area (Å²) in [5.41, 5.74) is 0.175. The van der Waals surface area contributed by atoms with Gasteiger partial charge >= 0.3 is 0 Å². The summed E-state index contributed by atoms with van der Waals surface area (Å²) < 4.78 is 0. The van der Waals surface area contributed by atoms with Gasteiger partial charge in [0, 0.05) is 19.0 Å². The number of carbonyl (C=O) groups is 2. The molecule has 0 atom stereocenters. The molecule has 0 aliphatic heterocycles. The van der Waals surface area contributed by atoms with Gasteiger partial charge in [-0.25, -0.2) is 0 Å². The molecule has 1 saturated carbocycles. The van der Waals surface area contributed by atoms with Crippen LogP contribution in [0.1, 0.15) is 36.0 Å². The molecule has 6 nitrogen and oxygen atoms in total. The summed E-state index contributed by atoms with van der Waals surface area (Å²) in [6, 6.07) is 1.72. The van der Waals surface area contributed by atoms with Crippen LogP contribution in [0, 0.1) is 0 Å². The minimum absolute atomic E-state index is 0.00150. The molecule has 8 heteroatoms. The number of hydrogen-bond donors (Lipinski definition) is 2. The Morgan fingerprint density at radius 3 is 2.75 bits per heavy atom. The number of carbonyl (C=O) groups excluding carboxylic acids is 2. The summed E-state index contributed by atoms with van der Waals surface area (Å²) in [6.07, 6.45) is 3.08. The zero-order valence-corrected chi connectivity index (χ0v) is 12.2. The average Bonchev–Trinajstić information content (AvgIpc) is 3.21. The molecule has 1 aliphatic rings. The fourth-order valence-corrected chi connectivity index (χ4v) is 1.91.